The second-order valence-electron chi connectivity index (χ2n) is 7.28. The number of benzene rings is 1. The molecule has 0 spiro atoms. The van der Waals surface area contributed by atoms with Crippen LogP contribution in [-0.4, -0.2) is 10.9 Å². The van der Waals surface area contributed by atoms with Crippen LogP contribution < -0.4 is 5.63 Å². The maximum atomic E-state index is 12.2. The van der Waals surface area contributed by atoms with Gasteiger partial charge in [0, 0.05) is 0 Å². The number of thioether (sulfide) groups is 1. The van der Waals surface area contributed by atoms with E-state index in [2.05, 4.69) is 13.8 Å². The summed E-state index contributed by atoms with van der Waals surface area (Å²) in [5.41, 5.74) is 2.31. The van der Waals surface area contributed by atoms with Crippen LogP contribution in [0.5, 0.6) is 5.75 Å². The molecule has 0 fully saturated rings. The lowest BCUT2D eigenvalue weighted by Crippen LogP contribution is -2.11. The highest BCUT2D eigenvalue weighted by Gasteiger charge is 2.21. The van der Waals surface area contributed by atoms with E-state index in [4.69, 9.17) is 4.42 Å². The minimum atomic E-state index is -0.253. The summed E-state index contributed by atoms with van der Waals surface area (Å²) in [6, 6.07) is 3.81. The number of hydrogen-bond donors (Lipinski definition) is 1. The molecule has 2 heterocycles. The molecule has 0 bridgehead atoms. The fourth-order valence-electron chi connectivity index (χ4n) is 3.68. The molecule has 0 saturated carbocycles. The highest BCUT2D eigenvalue weighted by atomic mass is 32.2. The molecule has 0 amide bonds. The molecule has 0 radical (unpaired) electrons. The largest absolute Gasteiger partial charge is 0.507 e. The van der Waals surface area contributed by atoms with Crippen LogP contribution in [-0.2, 0) is 12.8 Å². The van der Waals surface area contributed by atoms with Crippen molar-refractivity contribution in [3.63, 3.8) is 0 Å². The lowest BCUT2D eigenvalue weighted by Gasteiger charge is -2.17. The molecule has 0 saturated heterocycles. The van der Waals surface area contributed by atoms with Crippen molar-refractivity contribution < 1.29 is 9.52 Å². The van der Waals surface area contributed by atoms with Gasteiger partial charge in [0.05, 0.1) is 10.3 Å². The monoisotopic (exact) mass is 360 g/mol. The van der Waals surface area contributed by atoms with Gasteiger partial charge in [0.1, 0.15) is 11.3 Å². The molecular weight excluding hydrogens is 332 g/mol. The van der Waals surface area contributed by atoms with Crippen LogP contribution in [0.1, 0.15) is 63.5 Å². The van der Waals surface area contributed by atoms with Crippen molar-refractivity contribution in [1.29, 1.82) is 0 Å². The molecule has 3 rings (SSSR count). The Balaban J connectivity index is 1.81. The number of fused-ring (bicyclic) bond motifs is 3. The summed E-state index contributed by atoms with van der Waals surface area (Å²) in [7, 11) is 0. The third kappa shape index (κ3) is 4.22. The maximum absolute atomic E-state index is 12.2. The number of phenols is 1. The predicted octanol–water partition coefficient (Wildman–Crippen LogP) is 5.69. The molecule has 136 valence electrons. The number of hydrogen-bond acceptors (Lipinski definition) is 4. The summed E-state index contributed by atoms with van der Waals surface area (Å²) >= 11 is 1.55. The van der Waals surface area contributed by atoms with Crippen LogP contribution in [0.25, 0.3) is 11.0 Å². The van der Waals surface area contributed by atoms with Gasteiger partial charge in [-0.2, -0.15) is 0 Å². The van der Waals surface area contributed by atoms with Gasteiger partial charge in [-0.15, -0.1) is 11.8 Å². The minimum absolute atomic E-state index is 0.253. The Morgan fingerprint density at radius 3 is 2.92 bits per heavy atom. The molecule has 25 heavy (non-hydrogen) atoms. The van der Waals surface area contributed by atoms with Gasteiger partial charge in [0.15, 0.2) is 0 Å². The van der Waals surface area contributed by atoms with Crippen LogP contribution in [0, 0.1) is 5.92 Å². The molecule has 1 atom stereocenters. The summed E-state index contributed by atoms with van der Waals surface area (Å²) in [5.74, 6) is 1.88. The highest BCUT2D eigenvalue weighted by Crippen LogP contribution is 2.37. The second-order valence-corrected chi connectivity index (χ2v) is 8.38. The number of unbranched alkanes of at least 4 members (excludes halogenated alkanes) is 2. The summed E-state index contributed by atoms with van der Waals surface area (Å²) < 4.78 is 5.53. The van der Waals surface area contributed by atoms with Crippen molar-refractivity contribution in [2.24, 2.45) is 5.92 Å². The zero-order valence-corrected chi connectivity index (χ0v) is 16.1. The molecule has 3 nitrogen and oxygen atoms in total. The first-order valence-electron chi connectivity index (χ1n) is 9.54. The second kappa shape index (κ2) is 8.31. The Morgan fingerprint density at radius 2 is 2.12 bits per heavy atom. The third-order valence-corrected chi connectivity index (χ3v) is 6.34. The minimum Gasteiger partial charge on any atom is -0.507 e. The van der Waals surface area contributed by atoms with Gasteiger partial charge in [0.25, 0.3) is 0 Å². The van der Waals surface area contributed by atoms with Crippen LogP contribution in [0.4, 0.5) is 0 Å². The van der Waals surface area contributed by atoms with E-state index < -0.39 is 0 Å². The molecule has 1 aromatic heterocycles. The Bertz CT molecular complexity index is 794. The van der Waals surface area contributed by atoms with Gasteiger partial charge < -0.3 is 9.52 Å². The zero-order chi connectivity index (χ0) is 17.8. The number of aryl methyl sites for hydroxylation is 2. The van der Waals surface area contributed by atoms with E-state index in [1.807, 2.05) is 12.1 Å². The van der Waals surface area contributed by atoms with Gasteiger partial charge in [-0.3, -0.25) is 0 Å². The van der Waals surface area contributed by atoms with E-state index in [0.29, 0.717) is 16.4 Å². The third-order valence-electron chi connectivity index (χ3n) is 5.15. The first-order chi connectivity index (χ1) is 12.1. The first kappa shape index (κ1) is 18.4. The van der Waals surface area contributed by atoms with E-state index in [0.717, 1.165) is 47.9 Å². The van der Waals surface area contributed by atoms with Crippen LogP contribution in [0.15, 0.2) is 26.2 Å². The van der Waals surface area contributed by atoms with Crippen molar-refractivity contribution in [3.8, 4) is 5.75 Å². The quantitative estimate of drug-likeness (QED) is 0.509. The molecule has 4 heteroatoms. The fourth-order valence-corrected chi connectivity index (χ4v) is 4.71. The van der Waals surface area contributed by atoms with Gasteiger partial charge in [-0.05, 0) is 60.6 Å². The summed E-state index contributed by atoms with van der Waals surface area (Å²) in [6.45, 7) is 4.53. The maximum Gasteiger partial charge on any atom is 0.350 e. The smallest absolute Gasteiger partial charge is 0.350 e. The molecular formula is C21H28O3S. The zero-order valence-electron chi connectivity index (χ0n) is 15.3. The van der Waals surface area contributed by atoms with Crippen molar-refractivity contribution >= 4 is 22.7 Å². The molecule has 0 aliphatic carbocycles. The topological polar surface area (TPSA) is 50.4 Å². The standard InChI is InChI=1S/C21H28O3S/c1-3-4-5-7-14(2)9-10-15-12-17(22)19-16-8-6-11-25-20(16)21(23)24-18(19)13-15/h12-14,22H,3-11H2,1-2H3. The molecule has 1 aliphatic rings. The van der Waals surface area contributed by atoms with Crippen molar-refractivity contribution in [2.75, 3.05) is 5.75 Å². The number of phenolic OH excluding ortho intramolecular Hbond substituents is 1. The van der Waals surface area contributed by atoms with E-state index in [1.54, 1.807) is 11.8 Å². The van der Waals surface area contributed by atoms with Crippen LogP contribution in [0.3, 0.4) is 0 Å². The Labute approximate surface area is 153 Å². The average Bonchev–Trinajstić information content (AvgIpc) is 2.60. The van der Waals surface area contributed by atoms with Crippen LogP contribution in [0.2, 0.25) is 0 Å². The van der Waals surface area contributed by atoms with E-state index in [1.165, 1.54) is 25.7 Å². The number of rotatable bonds is 7. The predicted molar refractivity (Wildman–Crippen MR) is 105 cm³/mol. The normalized spacial score (nSPS) is 15.3. The molecule has 1 unspecified atom stereocenters. The molecule has 1 N–H and O–H groups in total. The summed E-state index contributed by atoms with van der Waals surface area (Å²) in [5, 5.41) is 11.3. The molecule has 1 aliphatic heterocycles. The van der Waals surface area contributed by atoms with E-state index in [9.17, 15) is 9.90 Å². The Kier molecular flexibility index (Phi) is 6.10. The lowest BCUT2D eigenvalue weighted by atomic mass is 9.94. The van der Waals surface area contributed by atoms with Gasteiger partial charge in [-0.1, -0.05) is 39.5 Å². The van der Waals surface area contributed by atoms with Crippen molar-refractivity contribution in [3.05, 3.63) is 33.7 Å². The first-order valence-corrected chi connectivity index (χ1v) is 10.5. The lowest BCUT2D eigenvalue weighted by molar-refractivity contribution is 0.460. The Hall–Kier alpha value is -1.42. The van der Waals surface area contributed by atoms with E-state index in [-0.39, 0.29) is 11.4 Å². The van der Waals surface area contributed by atoms with Crippen molar-refractivity contribution in [2.45, 2.75) is 70.1 Å². The average molecular weight is 361 g/mol. The summed E-state index contributed by atoms with van der Waals surface area (Å²) in [6.07, 6.45) is 8.99. The van der Waals surface area contributed by atoms with Gasteiger partial charge in [-0.25, -0.2) is 4.79 Å². The number of aromatic hydroxyl groups is 1. The van der Waals surface area contributed by atoms with Crippen molar-refractivity contribution in [1.82, 2.24) is 0 Å². The SMILES string of the molecule is CCCCCC(C)CCc1cc(O)c2c3c(c(=O)oc2c1)SCCC3. The summed E-state index contributed by atoms with van der Waals surface area (Å²) in [4.78, 5) is 12.9. The van der Waals surface area contributed by atoms with Crippen LogP contribution >= 0.6 is 11.8 Å². The molecule has 1 aromatic carbocycles. The Morgan fingerprint density at radius 1 is 1.28 bits per heavy atom. The highest BCUT2D eigenvalue weighted by molar-refractivity contribution is 7.99. The molecule has 2 aromatic rings. The van der Waals surface area contributed by atoms with E-state index >= 15 is 0 Å². The van der Waals surface area contributed by atoms with Gasteiger partial charge in [0.2, 0.25) is 0 Å². The fraction of sp³-hybridized carbons (Fsp3) is 0.571. The van der Waals surface area contributed by atoms with Gasteiger partial charge >= 0.3 is 5.63 Å².